The van der Waals surface area contributed by atoms with Gasteiger partial charge in [-0.05, 0) is 37.1 Å². The number of fused-ring (bicyclic) bond motifs is 1. The molecule has 4 N–H and O–H groups in total. The number of phenolic OH excluding ortho intramolecular Hbond substituents is 1. The lowest BCUT2D eigenvalue weighted by Gasteiger charge is -2.24. The number of pyridine rings is 1. The lowest BCUT2D eigenvalue weighted by Crippen LogP contribution is -2.26. The fourth-order valence-corrected chi connectivity index (χ4v) is 2.81. The van der Waals surface area contributed by atoms with Crippen molar-refractivity contribution in [3.63, 3.8) is 0 Å². The molecule has 0 saturated carbocycles. The molecule has 6 heteroatoms. The van der Waals surface area contributed by atoms with Gasteiger partial charge in [0.25, 0.3) is 0 Å². The molecule has 2 heterocycles. The van der Waals surface area contributed by atoms with E-state index >= 15 is 0 Å². The molecule has 1 saturated heterocycles. The van der Waals surface area contributed by atoms with Gasteiger partial charge in [-0.25, -0.2) is 4.79 Å². The third kappa shape index (κ3) is 2.50. The van der Waals surface area contributed by atoms with E-state index in [4.69, 9.17) is 5.11 Å². The second kappa shape index (κ2) is 5.21. The van der Waals surface area contributed by atoms with Gasteiger partial charge in [0.15, 0.2) is 5.43 Å². The van der Waals surface area contributed by atoms with E-state index in [9.17, 15) is 14.7 Å². The minimum absolute atomic E-state index is 0.102. The monoisotopic (exact) mass is 288 g/mol. The zero-order chi connectivity index (χ0) is 15.0. The molecular formula is C15H16N2O4. The Morgan fingerprint density at radius 2 is 2.05 bits per heavy atom. The highest BCUT2D eigenvalue weighted by Gasteiger charge is 2.18. The fourth-order valence-electron chi connectivity index (χ4n) is 2.81. The Bertz CT molecular complexity index is 760. The van der Waals surface area contributed by atoms with Gasteiger partial charge in [-0.15, -0.1) is 0 Å². The lowest BCUT2D eigenvalue weighted by atomic mass is 9.96. The highest BCUT2D eigenvalue weighted by atomic mass is 16.4. The number of rotatable bonds is 2. The molecule has 3 rings (SSSR count). The van der Waals surface area contributed by atoms with Crippen molar-refractivity contribution in [1.82, 2.24) is 10.3 Å². The van der Waals surface area contributed by atoms with Gasteiger partial charge in [-0.2, -0.15) is 0 Å². The number of piperidine rings is 1. The van der Waals surface area contributed by atoms with Crippen LogP contribution in [-0.4, -0.2) is 27.7 Å². The first-order valence-electron chi connectivity index (χ1n) is 6.93. The van der Waals surface area contributed by atoms with Crippen LogP contribution in [0.2, 0.25) is 0 Å². The van der Waals surface area contributed by atoms with Crippen LogP contribution in [0.5, 0.6) is 5.75 Å². The predicted octanol–water partition coefficient (Wildman–Crippen LogP) is 1.75. The summed E-state index contributed by atoms with van der Waals surface area (Å²) >= 11 is 0. The zero-order valence-electron chi connectivity index (χ0n) is 11.3. The van der Waals surface area contributed by atoms with Crippen LogP contribution >= 0.6 is 0 Å². The number of nitrogens with one attached hydrogen (secondary N) is 2. The molecule has 0 amide bonds. The van der Waals surface area contributed by atoms with Gasteiger partial charge in [0.05, 0.1) is 5.52 Å². The maximum atomic E-state index is 12.1. The minimum Gasteiger partial charge on any atom is -0.506 e. The average Bonchev–Trinajstić information content (AvgIpc) is 2.48. The van der Waals surface area contributed by atoms with Crippen molar-refractivity contribution in [2.75, 3.05) is 6.54 Å². The number of hydrogen-bond acceptors (Lipinski definition) is 4. The topological polar surface area (TPSA) is 102 Å². The van der Waals surface area contributed by atoms with Crippen LogP contribution in [0.25, 0.3) is 10.9 Å². The smallest absolute Gasteiger partial charge is 0.352 e. The second-order valence-electron chi connectivity index (χ2n) is 5.32. The van der Waals surface area contributed by atoms with Crippen LogP contribution in [-0.2, 0) is 0 Å². The molecule has 1 aliphatic heterocycles. The Kier molecular flexibility index (Phi) is 3.39. The zero-order valence-corrected chi connectivity index (χ0v) is 11.3. The maximum Gasteiger partial charge on any atom is 0.352 e. The van der Waals surface area contributed by atoms with E-state index < -0.39 is 11.4 Å². The normalized spacial score (nSPS) is 18.8. The third-order valence-corrected chi connectivity index (χ3v) is 3.88. The summed E-state index contributed by atoms with van der Waals surface area (Å²) in [6.07, 6.45) is 3.18. The van der Waals surface area contributed by atoms with Crippen LogP contribution in [0.3, 0.4) is 0 Å². The number of carbonyl (C=O) groups is 1. The van der Waals surface area contributed by atoms with Crippen LogP contribution in [0.15, 0.2) is 23.0 Å². The van der Waals surface area contributed by atoms with Gasteiger partial charge < -0.3 is 20.5 Å². The Morgan fingerprint density at radius 3 is 2.71 bits per heavy atom. The van der Waals surface area contributed by atoms with Crippen molar-refractivity contribution in [2.24, 2.45) is 0 Å². The molecule has 0 radical (unpaired) electrons. The third-order valence-electron chi connectivity index (χ3n) is 3.88. The summed E-state index contributed by atoms with van der Waals surface area (Å²) < 4.78 is 0. The molecular weight excluding hydrogens is 272 g/mol. The number of aromatic carboxylic acids is 1. The molecule has 2 aromatic rings. The number of hydrogen-bond donors (Lipinski definition) is 4. The van der Waals surface area contributed by atoms with Crippen molar-refractivity contribution in [3.8, 4) is 5.75 Å². The summed E-state index contributed by atoms with van der Waals surface area (Å²) in [5, 5.41) is 22.7. The summed E-state index contributed by atoms with van der Waals surface area (Å²) in [6, 6.07) is 4.48. The Balaban J connectivity index is 2.15. The quantitative estimate of drug-likeness (QED) is 0.674. The van der Waals surface area contributed by atoms with Crippen LogP contribution in [0.4, 0.5) is 0 Å². The minimum atomic E-state index is -1.23. The second-order valence-corrected chi connectivity index (χ2v) is 5.32. The first-order chi connectivity index (χ1) is 10.1. The average molecular weight is 288 g/mol. The Labute approximate surface area is 120 Å². The number of aromatic hydroxyl groups is 1. The van der Waals surface area contributed by atoms with Crippen molar-refractivity contribution in [3.05, 3.63) is 39.7 Å². The molecule has 21 heavy (non-hydrogen) atoms. The maximum absolute atomic E-state index is 12.1. The molecule has 1 aromatic heterocycles. The summed E-state index contributed by atoms with van der Waals surface area (Å²) in [6.45, 7) is 0.914. The van der Waals surface area contributed by atoms with E-state index in [0.29, 0.717) is 5.39 Å². The van der Waals surface area contributed by atoms with Crippen LogP contribution in [0, 0.1) is 0 Å². The number of benzene rings is 1. The van der Waals surface area contributed by atoms with E-state index in [1.165, 1.54) is 0 Å². The molecule has 0 spiro atoms. The highest BCUT2D eigenvalue weighted by Crippen LogP contribution is 2.30. The molecule has 110 valence electrons. The van der Waals surface area contributed by atoms with Crippen molar-refractivity contribution in [1.29, 1.82) is 0 Å². The molecule has 1 fully saturated rings. The highest BCUT2D eigenvalue weighted by molar-refractivity contribution is 5.92. The number of carboxylic acids is 1. The Hall–Kier alpha value is -2.34. The molecule has 1 atom stereocenters. The van der Waals surface area contributed by atoms with Crippen molar-refractivity contribution >= 4 is 16.9 Å². The summed E-state index contributed by atoms with van der Waals surface area (Å²) in [4.78, 5) is 25.6. The molecule has 1 aliphatic rings. The van der Waals surface area contributed by atoms with Gasteiger partial charge >= 0.3 is 5.97 Å². The van der Waals surface area contributed by atoms with Gasteiger partial charge in [-0.1, -0.05) is 6.42 Å². The van der Waals surface area contributed by atoms with E-state index in [1.807, 2.05) is 0 Å². The van der Waals surface area contributed by atoms with Gasteiger partial charge in [0.1, 0.15) is 11.4 Å². The molecule has 1 aromatic carbocycles. The van der Waals surface area contributed by atoms with Crippen molar-refractivity contribution < 1.29 is 15.0 Å². The predicted molar refractivity (Wildman–Crippen MR) is 77.8 cm³/mol. The first kappa shape index (κ1) is 13.6. The molecule has 0 aliphatic carbocycles. The number of phenols is 1. The SMILES string of the molecule is O=C(O)c1cc(=O)c2cc(C3CCCCN3)cc(O)c2[nH]1. The van der Waals surface area contributed by atoms with E-state index in [1.54, 1.807) is 12.1 Å². The van der Waals surface area contributed by atoms with Gasteiger partial charge in [-0.3, -0.25) is 4.79 Å². The lowest BCUT2D eigenvalue weighted by molar-refractivity contribution is 0.0691. The summed E-state index contributed by atoms with van der Waals surface area (Å²) in [7, 11) is 0. The molecule has 0 bridgehead atoms. The summed E-state index contributed by atoms with van der Waals surface area (Å²) in [5.41, 5.74) is 0.383. The number of aromatic amines is 1. The standard InChI is InChI=1S/C15H16N2O4/c18-12-7-11(15(20)21)17-14-9(12)5-8(6-13(14)19)10-3-1-2-4-16-10/h5-7,10,16,19H,1-4H2,(H,17,18)(H,20,21). The van der Waals surface area contributed by atoms with E-state index in [2.05, 4.69) is 10.3 Å². The van der Waals surface area contributed by atoms with Crippen LogP contribution < -0.4 is 10.7 Å². The molecule has 6 nitrogen and oxygen atoms in total. The van der Waals surface area contributed by atoms with Gasteiger partial charge in [0.2, 0.25) is 0 Å². The van der Waals surface area contributed by atoms with E-state index in [-0.39, 0.29) is 23.0 Å². The fraction of sp³-hybridized carbons (Fsp3) is 0.333. The number of carboxylic acid groups (broad SMARTS) is 1. The van der Waals surface area contributed by atoms with Crippen LogP contribution in [0.1, 0.15) is 41.4 Å². The first-order valence-corrected chi connectivity index (χ1v) is 6.93. The molecule has 1 unspecified atom stereocenters. The summed E-state index contributed by atoms with van der Waals surface area (Å²) in [5.74, 6) is -1.33. The largest absolute Gasteiger partial charge is 0.506 e. The van der Waals surface area contributed by atoms with E-state index in [0.717, 1.165) is 37.4 Å². The number of H-pyrrole nitrogens is 1. The van der Waals surface area contributed by atoms with Crippen molar-refractivity contribution in [2.45, 2.75) is 25.3 Å². The number of aromatic nitrogens is 1. The Morgan fingerprint density at radius 1 is 1.24 bits per heavy atom. The van der Waals surface area contributed by atoms with Gasteiger partial charge in [0, 0.05) is 17.5 Å².